The number of Topliss-reactive ketones (excluding diaryl/α,β-unsaturated/α-hetero) is 1. The van der Waals surface area contributed by atoms with Crippen LogP contribution in [0.5, 0.6) is 0 Å². The van der Waals surface area contributed by atoms with Gasteiger partial charge in [-0.15, -0.1) is 0 Å². The molecule has 4 aromatic rings. The maximum atomic E-state index is 13.2. The summed E-state index contributed by atoms with van der Waals surface area (Å²) in [5.41, 5.74) is 1.36. The zero-order valence-electron chi connectivity index (χ0n) is 17.5. The normalized spacial score (nSPS) is 14.3. The number of carbonyl (C=O) groups is 2. The van der Waals surface area contributed by atoms with Gasteiger partial charge in [-0.25, -0.2) is 18.1 Å². The van der Waals surface area contributed by atoms with Crippen LogP contribution < -0.4 is 5.32 Å². The zero-order valence-corrected chi connectivity index (χ0v) is 19.1. The number of rotatable bonds is 4. The molecule has 10 heteroatoms. The molecule has 0 spiro atoms. The van der Waals surface area contributed by atoms with Crippen LogP contribution in [0, 0.1) is 6.92 Å². The second-order valence-corrected chi connectivity index (χ2v) is 10.5. The Balaban J connectivity index is 1.43. The third-order valence-corrected chi connectivity index (χ3v) is 8.45. The molecule has 2 aromatic heterocycles. The van der Waals surface area contributed by atoms with Gasteiger partial charge in [0.25, 0.3) is 5.91 Å². The summed E-state index contributed by atoms with van der Waals surface area (Å²) in [5, 5.41) is 7.68. The Labute approximate surface area is 193 Å². The van der Waals surface area contributed by atoms with E-state index in [0.29, 0.717) is 21.8 Å². The first-order chi connectivity index (χ1) is 15.9. The summed E-state index contributed by atoms with van der Waals surface area (Å²) in [4.78, 5) is 31.0. The molecule has 166 valence electrons. The van der Waals surface area contributed by atoms with E-state index >= 15 is 0 Å². The fraction of sp³-hybridized carbons (Fsp3) is 0.130. The van der Waals surface area contributed by atoms with Crippen molar-refractivity contribution >= 4 is 32.9 Å². The van der Waals surface area contributed by atoms with E-state index in [1.165, 1.54) is 35.6 Å². The van der Waals surface area contributed by atoms with Gasteiger partial charge in [0.2, 0.25) is 15.0 Å². The van der Waals surface area contributed by atoms with Crippen LogP contribution >= 0.6 is 11.3 Å². The molecule has 2 aromatic carbocycles. The lowest BCUT2D eigenvalue weighted by Gasteiger charge is -2.14. The van der Waals surface area contributed by atoms with Gasteiger partial charge in [0.05, 0.1) is 16.3 Å². The van der Waals surface area contributed by atoms with E-state index < -0.39 is 9.84 Å². The van der Waals surface area contributed by atoms with E-state index in [4.69, 9.17) is 0 Å². The van der Waals surface area contributed by atoms with Crippen molar-refractivity contribution in [3.63, 3.8) is 0 Å². The fourth-order valence-electron chi connectivity index (χ4n) is 3.88. The van der Waals surface area contributed by atoms with Crippen LogP contribution in [-0.4, -0.2) is 34.9 Å². The Morgan fingerprint density at radius 1 is 1.15 bits per heavy atom. The van der Waals surface area contributed by atoms with Crippen molar-refractivity contribution in [1.29, 1.82) is 0 Å². The maximum Gasteiger partial charge on any atom is 0.251 e. The van der Waals surface area contributed by atoms with Gasteiger partial charge in [0.15, 0.2) is 5.78 Å². The number of sulfone groups is 1. The molecule has 1 amide bonds. The third-order valence-electron chi connectivity index (χ3n) is 5.57. The number of amides is 1. The average Bonchev–Trinajstić information content (AvgIpc) is 3.49. The van der Waals surface area contributed by atoms with Crippen LogP contribution in [-0.2, 0) is 22.8 Å². The van der Waals surface area contributed by atoms with Crippen LogP contribution in [0.4, 0.5) is 0 Å². The number of benzene rings is 2. The number of nitrogens with one attached hydrogen (secondary N) is 1. The van der Waals surface area contributed by atoms with E-state index in [-0.39, 0.29) is 40.0 Å². The van der Waals surface area contributed by atoms with E-state index in [9.17, 15) is 18.0 Å². The molecule has 8 nitrogen and oxygen atoms in total. The highest BCUT2D eigenvalue weighted by atomic mass is 32.2. The average molecular weight is 479 g/mol. The Morgan fingerprint density at radius 3 is 2.76 bits per heavy atom. The number of hydrogen-bond donors (Lipinski definition) is 1. The van der Waals surface area contributed by atoms with Crippen LogP contribution in [0.3, 0.4) is 0 Å². The molecule has 0 saturated heterocycles. The molecule has 0 saturated carbocycles. The molecule has 1 N–H and O–H groups in total. The second-order valence-electron chi connectivity index (χ2n) is 7.56. The number of carbonyl (C=O) groups excluding carboxylic acids is 2. The molecule has 1 aliphatic rings. The highest BCUT2D eigenvalue weighted by molar-refractivity contribution is 7.91. The summed E-state index contributed by atoms with van der Waals surface area (Å²) in [7, 11) is -3.88. The zero-order chi connectivity index (χ0) is 23.2. The smallest absolute Gasteiger partial charge is 0.251 e. The van der Waals surface area contributed by atoms with E-state index in [2.05, 4.69) is 15.4 Å². The lowest BCUT2D eigenvalue weighted by molar-refractivity contribution is 0.0947. The Morgan fingerprint density at radius 2 is 1.97 bits per heavy atom. The van der Waals surface area contributed by atoms with Gasteiger partial charge in [0, 0.05) is 41.0 Å². The number of hydrogen-bond acceptors (Lipinski definition) is 7. The van der Waals surface area contributed by atoms with Gasteiger partial charge in [-0.05, 0) is 42.3 Å². The molecule has 0 fully saturated rings. The van der Waals surface area contributed by atoms with Crippen LogP contribution in [0.2, 0.25) is 0 Å². The SMILES string of the molecule is Cc1c(C(=O)NCc2cnc(-n3cccn3)s2)ccc2c1CC(=O)c1ccccc1S2(=O)=O. The number of ketones is 1. The number of fused-ring (bicyclic) bond motifs is 2. The molecule has 0 atom stereocenters. The maximum absolute atomic E-state index is 13.2. The predicted octanol–water partition coefficient (Wildman–Crippen LogP) is 3.14. The summed E-state index contributed by atoms with van der Waals surface area (Å²) in [6, 6.07) is 10.9. The lowest BCUT2D eigenvalue weighted by atomic mass is 9.96. The van der Waals surface area contributed by atoms with Gasteiger partial charge < -0.3 is 5.32 Å². The van der Waals surface area contributed by atoms with Gasteiger partial charge in [-0.2, -0.15) is 5.10 Å². The lowest BCUT2D eigenvalue weighted by Crippen LogP contribution is -2.24. The summed E-state index contributed by atoms with van der Waals surface area (Å²) in [5.74, 6) is -0.639. The van der Waals surface area contributed by atoms with Crippen LogP contribution in [0.15, 0.2) is 70.8 Å². The molecule has 3 heterocycles. The molecular weight excluding hydrogens is 460 g/mol. The Bertz CT molecular complexity index is 1510. The van der Waals surface area contributed by atoms with Crippen molar-refractivity contribution in [2.45, 2.75) is 29.7 Å². The molecule has 0 bridgehead atoms. The van der Waals surface area contributed by atoms with Gasteiger partial charge in [-0.3, -0.25) is 9.59 Å². The van der Waals surface area contributed by atoms with E-state index in [0.717, 1.165) is 4.88 Å². The fourth-order valence-corrected chi connectivity index (χ4v) is 6.44. The molecule has 33 heavy (non-hydrogen) atoms. The first kappa shape index (κ1) is 21.2. The number of nitrogens with zero attached hydrogens (tertiary/aromatic N) is 3. The monoisotopic (exact) mass is 478 g/mol. The first-order valence-electron chi connectivity index (χ1n) is 10.1. The topological polar surface area (TPSA) is 111 Å². The summed E-state index contributed by atoms with van der Waals surface area (Å²) >= 11 is 1.40. The van der Waals surface area contributed by atoms with Crippen molar-refractivity contribution in [1.82, 2.24) is 20.1 Å². The minimum absolute atomic E-state index is 0.00327. The van der Waals surface area contributed by atoms with Crippen molar-refractivity contribution in [3.05, 3.63) is 88.2 Å². The van der Waals surface area contributed by atoms with Gasteiger partial charge in [0.1, 0.15) is 0 Å². The van der Waals surface area contributed by atoms with Crippen LogP contribution in [0.1, 0.15) is 36.7 Å². The first-order valence-corrected chi connectivity index (χ1v) is 12.4. The van der Waals surface area contributed by atoms with Crippen molar-refractivity contribution in [3.8, 4) is 5.13 Å². The van der Waals surface area contributed by atoms with Crippen molar-refractivity contribution in [2.24, 2.45) is 0 Å². The summed E-state index contributed by atoms with van der Waals surface area (Å²) < 4.78 is 28.1. The van der Waals surface area contributed by atoms with Gasteiger partial charge in [-0.1, -0.05) is 29.5 Å². The third kappa shape index (κ3) is 3.66. The van der Waals surface area contributed by atoms with E-state index in [1.54, 1.807) is 48.4 Å². The molecule has 5 rings (SSSR count). The van der Waals surface area contributed by atoms with Crippen molar-refractivity contribution < 1.29 is 18.0 Å². The van der Waals surface area contributed by atoms with E-state index in [1.807, 2.05) is 0 Å². The largest absolute Gasteiger partial charge is 0.347 e. The standard InChI is InChI=1S/C23H18N4O4S2/c1-14-16(22(29)24-12-15-13-25-23(32-15)27-10-4-9-26-27)7-8-21-18(14)11-19(28)17-5-2-3-6-20(17)33(21,30)31/h2-10,13H,11-12H2,1H3,(H,24,29). The Hall–Kier alpha value is -3.63. The molecule has 1 aliphatic heterocycles. The second kappa shape index (κ2) is 8.05. The van der Waals surface area contributed by atoms with Gasteiger partial charge >= 0.3 is 0 Å². The molecule has 0 aliphatic carbocycles. The summed E-state index contributed by atoms with van der Waals surface area (Å²) in [6.07, 6.45) is 5.04. The Kier molecular flexibility index (Phi) is 5.18. The number of aromatic nitrogens is 3. The molecule has 0 unspecified atom stereocenters. The highest BCUT2D eigenvalue weighted by Crippen LogP contribution is 2.34. The molecular formula is C23H18N4O4S2. The minimum atomic E-state index is -3.88. The molecule has 0 radical (unpaired) electrons. The summed E-state index contributed by atoms with van der Waals surface area (Å²) in [6.45, 7) is 1.94. The minimum Gasteiger partial charge on any atom is -0.347 e. The number of thiazole rings is 1. The predicted molar refractivity (Wildman–Crippen MR) is 122 cm³/mol. The highest BCUT2D eigenvalue weighted by Gasteiger charge is 2.32. The quantitative estimate of drug-likeness (QED) is 0.482. The van der Waals surface area contributed by atoms with Crippen molar-refractivity contribution in [2.75, 3.05) is 0 Å². The van der Waals surface area contributed by atoms with Crippen LogP contribution in [0.25, 0.3) is 5.13 Å².